The van der Waals surface area contributed by atoms with Crippen LogP contribution in [0.15, 0.2) is 78.3 Å². The lowest BCUT2D eigenvalue weighted by Crippen LogP contribution is -2.13. The Hall–Kier alpha value is -5.11. The topological polar surface area (TPSA) is 114 Å². The summed E-state index contributed by atoms with van der Waals surface area (Å²) in [6, 6.07) is 9.33. The molecule has 38 heavy (non-hydrogen) atoms. The van der Waals surface area contributed by atoms with Crippen LogP contribution < -0.4 is 11.1 Å². The van der Waals surface area contributed by atoms with E-state index in [1.165, 1.54) is 18.3 Å². The molecule has 2 heterocycles. The third-order valence-corrected chi connectivity index (χ3v) is 5.29. The van der Waals surface area contributed by atoms with Crippen molar-refractivity contribution in [2.75, 3.05) is 5.32 Å². The number of anilines is 1. The van der Waals surface area contributed by atoms with E-state index in [1.54, 1.807) is 54.6 Å². The zero-order valence-corrected chi connectivity index (χ0v) is 20.3. The van der Waals surface area contributed by atoms with Crippen molar-refractivity contribution in [2.45, 2.75) is 13.1 Å². The van der Waals surface area contributed by atoms with Gasteiger partial charge >= 0.3 is 6.18 Å². The Kier molecular flexibility index (Phi) is 7.43. The number of rotatable bonds is 5. The highest BCUT2D eigenvalue weighted by Crippen LogP contribution is 2.30. The molecule has 0 atom stereocenters. The molecule has 0 aliphatic rings. The number of allylic oxidation sites excluding steroid dienone is 1. The van der Waals surface area contributed by atoms with Crippen molar-refractivity contribution in [1.82, 2.24) is 19.7 Å². The van der Waals surface area contributed by atoms with Gasteiger partial charge in [-0.2, -0.15) is 18.3 Å². The summed E-state index contributed by atoms with van der Waals surface area (Å²) < 4.78 is 40.6. The number of hydrogen-bond acceptors (Lipinski definition) is 5. The third kappa shape index (κ3) is 6.36. The summed E-state index contributed by atoms with van der Waals surface area (Å²) in [6.07, 6.45) is 3.33. The summed E-state index contributed by atoms with van der Waals surface area (Å²) in [7, 11) is 1.78. The van der Waals surface area contributed by atoms with E-state index in [2.05, 4.69) is 37.2 Å². The minimum absolute atomic E-state index is 0.0401. The minimum atomic E-state index is -4.51. The molecule has 11 heteroatoms. The van der Waals surface area contributed by atoms with Gasteiger partial charge in [0.2, 0.25) is 0 Å². The summed E-state index contributed by atoms with van der Waals surface area (Å²) in [5.41, 5.74) is 8.01. The fourth-order valence-corrected chi connectivity index (χ4v) is 3.39. The lowest BCUT2D eigenvalue weighted by Gasteiger charge is -2.10. The largest absolute Gasteiger partial charge is 0.416 e. The molecule has 0 fully saturated rings. The molecule has 2 aromatic heterocycles. The van der Waals surface area contributed by atoms with Gasteiger partial charge in [0.25, 0.3) is 5.91 Å². The number of aliphatic imine (C=N–C) groups is 1. The average molecular weight is 518 g/mol. The monoisotopic (exact) mass is 517 g/mol. The number of halogens is 3. The Morgan fingerprint density at radius 3 is 2.71 bits per heavy atom. The van der Waals surface area contributed by atoms with Crippen LogP contribution in [-0.2, 0) is 13.2 Å². The smallest absolute Gasteiger partial charge is 0.405 e. The van der Waals surface area contributed by atoms with E-state index in [4.69, 9.17) is 5.73 Å². The molecule has 1 amide bonds. The molecular formula is C27H22F3N7O. The zero-order valence-electron chi connectivity index (χ0n) is 20.3. The Morgan fingerprint density at radius 1 is 1.18 bits per heavy atom. The Balaban J connectivity index is 1.54. The predicted molar refractivity (Wildman–Crippen MR) is 138 cm³/mol. The fraction of sp³-hybridized carbons (Fsp3) is 0.111. The molecule has 4 aromatic rings. The quantitative estimate of drug-likeness (QED) is 0.263. The van der Waals surface area contributed by atoms with Crippen LogP contribution in [0.4, 0.5) is 24.5 Å². The number of carbonyl (C=O) groups is 1. The van der Waals surface area contributed by atoms with E-state index in [9.17, 15) is 18.0 Å². The van der Waals surface area contributed by atoms with E-state index < -0.39 is 17.6 Å². The van der Waals surface area contributed by atoms with Gasteiger partial charge in [-0.15, -0.1) is 0 Å². The fourth-order valence-electron chi connectivity index (χ4n) is 3.39. The second kappa shape index (κ2) is 10.9. The molecule has 0 aliphatic carbocycles. The van der Waals surface area contributed by atoms with Crippen LogP contribution in [0, 0.1) is 18.8 Å². The molecule has 2 aromatic carbocycles. The normalized spacial score (nSPS) is 11.9. The maximum Gasteiger partial charge on any atom is 0.416 e. The number of alkyl halides is 3. The molecule has 0 saturated carbocycles. The second-order valence-corrected chi connectivity index (χ2v) is 8.19. The number of aromatic amines is 1. The maximum absolute atomic E-state index is 13.0. The number of hydrogen-bond donors (Lipinski definition) is 3. The van der Waals surface area contributed by atoms with Crippen molar-refractivity contribution in [3.05, 3.63) is 107 Å². The van der Waals surface area contributed by atoms with E-state index in [0.29, 0.717) is 28.5 Å². The molecular weight excluding hydrogens is 495 g/mol. The number of carbonyl (C=O) groups excluding carboxylic acids is 1. The molecule has 4 rings (SSSR count). The molecule has 0 spiro atoms. The van der Waals surface area contributed by atoms with Crippen molar-refractivity contribution >= 4 is 23.0 Å². The van der Waals surface area contributed by atoms with Crippen molar-refractivity contribution < 1.29 is 18.0 Å². The number of nitrogens with one attached hydrogen (secondary N) is 2. The summed E-state index contributed by atoms with van der Waals surface area (Å²) in [4.78, 5) is 24.6. The number of H-pyrrole nitrogens is 1. The van der Waals surface area contributed by atoms with Crippen LogP contribution >= 0.6 is 0 Å². The highest BCUT2D eigenvalue weighted by molar-refractivity contribution is 6.07. The van der Waals surface area contributed by atoms with Gasteiger partial charge in [0, 0.05) is 23.9 Å². The first-order valence-corrected chi connectivity index (χ1v) is 11.2. The van der Waals surface area contributed by atoms with Crippen LogP contribution in [-0.4, -0.2) is 31.4 Å². The standard InChI is InChI=1S/C27H22F3N7O/c1-17-6-7-19(26(38)36-21-5-3-4-20(13-21)27(28,29)30)12-18(17)8-9-22-14-32-25(35-22)24(10-11-31)34-23-15-33-37(2)16-23/h3-7,10-16H,31H2,1-2H3,(H,32,35)(H,36,38). The van der Waals surface area contributed by atoms with Crippen LogP contribution in [0.1, 0.15) is 38.6 Å². The summed E-state index contributed by atoms with van der Waals surface area (Å²) in [5.74, 6) is 5.88. The third-order valence-electron chi connectivity index (χ3n) is 5.29. The molecule has 0 saturated heterocycles. The number of benzene rings is 2. The summed E-state index contributed by atoms with van der Waals surface area (Å²) in [6.45, 7) is 1.83. The number of imidazole rings is 1. The van der Waals surface area contributed by atoms with Gasteiger partial charge in [-0.3, -0.25) is 9.48 Å². The zero-order chi connectivity index (χ0) is 27.3. The molecule has 0 aliphatic heterocycles. The van der Waals surface area contributed by atoms with Crippen molar-refractivity contribution in [3.63, 3.8) is 0 Å². The molecule has 0 bridgehead atoms. The van der Waals surface area contributed by atoms with Gasteiger partial charge in [0.1, 0.15) is 17.1 Å². The molecule has 4 N–H and O–H groups in total. The van der Waals surface area contributed by atoms with E-state index in [0.717, 1.165) is 17.7 Å². The molecule has 192 valence electrons. The lowest BCUT2D eigenvalue weighted by molar-refractivity contribution is -0.137. The number of nitrogens with two attached hydrogens (primary N) is 1. The molecule has 0 radical (unpaired) electrons. The van der Waals surface area contributed by atoms with Gasteiger partial charge in [0.05, 0.1) is 24.2 Å². The Morgan fingerprint density at radius 2 is 2.00 bits per heavy atom. The van der Waals surface area contributed by atoms with E-state index in [1.807, 2.05) is 6.92 Å². The molecule has 8 nitrogen and oxygen atoms in total. The van der Waals surface area contributed by atoms with Crippen LogP contribution in [0.5, 0.6) is 0 Å². The van der Waals surface area contributed by atoms with Crippen LogP contribution in [0.3, 0.4) is 0 Å². The first kappa shape index (κ1) is 26.0. The lowest BCUT2D eigenvalue weighted by atomic mass is 10.0. The second-order valence-electron chi connectivity index (χ2n) is 8.19. The van der Waals surface area contributed by atoms with Gasteiger partial charge < -0.3 is 16.0 Å². The minimum Gasteiger partial charge on any atom is -0.405 e. The van der Waals surface area contributed by atoms with E-state index in [-0.39, 0.29) is 11.3 Å². The first-order valence-electron chi connectivity index (χ1n) is 11.2. The van der Waals surface area contributed by atoms with Crippen LogP contribution in [0.25, 0.3) is 0 Å². The summed E-state index contributed by atoms with van der Waals surface area (Å²) >= 11 is 0. The summed E-state index contributed by atoms with van der Waals surface area (Å²) in [5, 5.41) is 6.59. The molecule has 0 unspecified atom stereocenters. The number of aromatic nitrogens is 4. The average Bonchev–Trinajstić information content (AvgIpc) is 3.51. The predicted octanol–water partition coefficient (Wildman–Crippen LogP) is 4.72. The SMILES string of the molecule is Cc1ccc(C(=O)Nc2cccc(C(F)(F)F)c2)cc1C#Cc1cnc(C(C=CN)=Nc2cnn(C)c2)[nH]1. The highest BCUT2D eigenvalue weighted by Gasteiger charge is 2.30. The van der Waals surface area contributed by atoms with Gasteiger partial charge in [0.15, 0.2) is 5.82 Å². The Bertz CT molecular complexity index is 1600. The van der Waals surface area contributed by atoms with Crippen molar-refractivity contribution in [2.24, 2.45) is 17.8 Å². The van der Waals surface area contributed by atoms with E-state index >= 15 is 0 Å². The Labute approximate surface area is 216 Å². The van der Waals surface area contributed by atoms with Crippen molar-refractivity contribution in [1.29, 1.82) is 0 Å². The van der Waals surface area contributed by atoms with Gasteiger partial charge in [-0.05, 0) is 61.0 Å². The number of aryl methyl sites for hydroxylation is 2. The number of amides is 1. The number of nitrogens with zero attached hydrogens (tertiary/aromatic N) is 4. The van der Waals surface area contributed by atoms with Gasteiger partial charge in [-0.25, -0.2) is 9.98 Å². The first-order chi connectivity index (χ1) is 18.1. The van der Waals surface area contributed by atoms with Crippen LogP contribution in [0.2, 0.25) is 0 Å². The van der Waals surface area contributed by atoms with Crippen molar-refractivity contribution in [3.8, 4) is 11.8 Å². The maximum atomic E-state index is 13.0. The highest BCUT2D eigenvalue weighted by atomic mass is 19.4. The van der Waals surface area contributed by atoms with Gasteiger partial charge in [-0.1, -0.05) is 18.1 Å².